The zero-order valence-electron chi connectivity index (χ0n) is 10.8. The van der Waals surface area contributed by atoms with Gasteiger partial charge in [0.25, 0.3) is 0 Å². The summed E-state index contributed by atoms with van der Waals surface area (Å²) in [4.78, 5) is 24.4. The molecule has 0 spiro atoms. The van der Waals surface area contributed by atoms with Crippen LogP contribution in [0.5, 0.6) is 0 Å². The topological polar surface area (TPSA) is 89.9 Å². The van der Waals surface area contributed by atoms with E-state index in [2.05, 4.69) is 5.32 Å². The fourth-order valence-corrected chi connectivity index (χ4v) is 2.21. The van der Waals surface area contributed by atoms with Gasteiger partial charge in [-0.15, -0.1) is 0 Å². The molecule has 1 aliphatic carbocycles. The van der Waals surface area contributed by atoms with Gasteiger partial charge in [-0.1, -0.05) is 0 Å². The van der Waals surface area contributed by atoms with E-state index in [0.717, 1.165) is 19.3 Å². The van der Waals surface area contributed by atoms with Crippen molar-refractivity contribution in [3.05, 3.63) is 0 Å². The number of aliphatic hydroxyl groups excluding tert-OH is 1. The van der Waals surface area contributed by atoms with Crippen molar-refractivity contribution in [1.82, 2.24) is 10.2 Å². The first-order valence-electron chi connectivity index (χ1n) is 6.43. The lowest BCUT2D eigenvalue weighted by Crippen LogP contribution is -2.58. The van der Waals surface area contributed by atoms with Gasteiger partial charge in [-0.25, -0.2) is 4.79 Å². The van der Waals surface area contributed by atoms with Crippen molar-refractivity contribution in [3.8, 4) is 0 Å². The van der Waals surface area contributed by atoms with Gasteiger partial charge in [-0.3, -0.25) is 4.79 Å². The van der Waals surface area contributed by atoms with Gasteiger partial charge in [0.15, 0.2) is 0 Å². The minimum atomic E-state index is -0.881. The van der Waals surface area contributed by atoms with E-state index in [4.69, 9.17) is 10.2 Å². The van der Waals surface area contributed by atoms with Crippen LogP contribution in [-0.4, -0.2) is 52.3 Å². The molecule has 0 heterocycles. The van der Waals surface area contributed by atoms with Crippen molar-refractivity contribution < 1.29 is 19.8 Å². The minimum absolute atomic E-state index is 0.0176. The maximum absolute atomic E-state index is 12.0. The maximum atomic E-state index is 12.0. The number of carboxylic acids is 1. The molecule has 6 nitrogen and oxygen atoms in total. The monoisotopic (exact) mass is 258 g/mol. The molecule has 0 saturated heterocycles. The highest BCUT2D eigenvalue weighted by Crippen LogP contribution is 2.35. The maximum Gasteiger partial charge on any atom is 0.317 e. The molecule has 1 aliphatic rings. The van der Waals surface area contributed by atoms with Crippen LogP contribution in [0, 0.1) is 0 Å². The summed E-state index contributed by atoms with van der Waals surface area (Å²) < 4.78 is 0. The van der Waals surface area contributed by atoms with Gasteiger partial charge in [0.05, 0.1) is 12.0 Å². The molecule has 6 heteroatoms. The minimum Gasteiger partial charge on any atom is -0.481 e. The van der Waals surface area contributed by atoms with Crippen LogP contribution in [0.2, 0.25) is 0 Å². The third kappa shape index (κ3) is 3.87. The Morgan fingerprint density at radius 3 is 2.44 bits per heavy atom. The molecule has 1 fully saturated rings. The number of amides is 2. The molecule has 0 unspecified atom stereocenters. The average molecular weight is 258 g/mol. The Morgan fingerprint density at radius 2 is 2.06 bits per heavy atom. The molecule has 0 bridgehead atoms. The smallest absolute Gasteiger partial charge is 0.317 e. The second-order valence-electron chi connectivity index (χ2n) is 4.79. The number of hydrogen-bond acceptors (Lipinski definition) is 3. The fraction of sp³-hybridized carbons (Fsp3) is 0.833. The molecule has 0 aliphatic heterocycles. The van der Waals surface area contributed by atoms with Crippen LogP contribution in [0.25, 0.3) is 0 Å². The van der Waals surface area contributed by atoms with Gasteiger partial charge in [0.2, 0.25) is 0 Å². The van der Waals surface area contributed by atoms with Crippen LogP contribution in [0.1, 0.15) is 39.0 Å². The van der Waals surface area contributed by atoms with Crippen LogP contribution < -0.4 is 5.32 Å². The Bertz CT molecular complexity index is 302. The third-order valence-corrected chi connectivity index (χ3v) is 3.43. The molecular formula is C12H22N2O4. The number of carboxylic acid groups (broad SMARTS) is 1. The van der Waals surface area contributed by atoms with Crippen molar-refractivity contribution in [2.45, 2.75) is 44.6 Å². The molecule has 1 rings (SSSR count). The first-order chi connectivity index (χ1) is 8.53. The van der Waals surface area contributed by atoms with E-state index in [1.54, 1.807) is 4.90 Å². The molecule has 2 amide bonds. The van der Waals surface area contributed by atoms with Crippen molar-refractivity contribution in [2.75, 3.05) is 19.7 Å². The molecule has 0 aromatic carbocycles. The summed E-state index contributed by atoms with van der Waals surface area (Å²) in [5.74, 6) is -0.881. The molecular weight excluding hydrogens is 236 g/mol. The van der Waals surface area contributed by atoms with E-state index < -0.39 is 11.5 Å². The van der Waals surface area contributed by atoms with Gasteiger partial charge in [-0.2, -0.15) is 0 Å². The van der Waals surface area contributed by atoms with Crippen molar-refractivity contribution in [3.63, 3.8) is 0 Å². The predicted molar refractivity (Wildman–Crippen MR) is 66.3 cm³/mol. The summed E-state index contributed by atoms with van der Waals surface area (Å²) in [5.41, 5.74) is -0.560. The van der Waals surface area contributed by atoms with Crippen LogP contribution in [0.4, 0.5) is 4.79 Å². The van der Waals surface area contributed by atoms with E-state index in [1.165, 1.54) is 0 Å². The molecule has 0 radical (unpaired) electrons. The number of carbonyl (C=O) groups excluding carboxylic acids is 1. The fourth-order valence-electron chi connectivity index (χ4n) is 2.21. The SMILES string of the molecule is CCN(CCCO)C(=O)NC1(CC(=O)O)CCC1. The highest BCUT2D eigenvalue weighted by Gasteiger charge is 2.41. The van der Waals surface area contributed by atoms with E-state index in [1.807, 2.05) is 6.92 Å². The van der Waals surface area contributed by atoms with Gasteiger partial charge >= 0.3 is 12.0 Å². The van der Waals surface area contributed by atoms with Gasteiger partial charge in [0.1, 0.15) is 0 Å². The van der Waals surface area contributed by atoms with Crippen LogP contribution in [-0.2, 0) is 4.79 Å². The number of aliphatic hydroxyl groups is 1. The Hall–Kier alpha value is -1.30. The number of urea groups is 1. The Morgan fingerprint density at radius 1 is 1.39 bits per heavy atom. The molecule has 104 valence electrons. The van der Waals surface area contributed by atoms with Crippen molar-refractivity contribution in [1.29, 1.82) is 0 Å². The van der Waals surface area contributed by atoms with Crippen LogP contribution >= 0.6 is 0 Å². The first kappa shape index (κ1) is 14.8. The highest BCUT2D eigenvalue weighted by molar-refractivity contribution is 5.77. The standard InChI is InChI=1S/C12H22N2O4/c1-2-14(7-4-8-15)11(18)13-12(5-3-6-12)9-10(16)17/h15H,2-9H2,1H3,(H,13,18)(H,16,17). The lowest BCUT2D eigenvalue weighted by Gasteiger charge is -2.42. The summed E-state index contributed by atoms with van der Waals surface area (Å²) in [6.07, 6.45) is 2.92. The van der Waals surface area contributed by atoms with Crippen molar-refractivity contribution in [2.24, 2.45) is 0 Å². The largest absolute Gasteiger partial charge is 0.481 e. The predicted octanol–water partition coefficient (Wildman–Crippen LogP) is 0.798. The van der Waals surface area contributed by atoms with Gasteiger partial charge in [0, 0.05) is 19.7 Å². The number of nitrogens with zero attached hydrogens (tertiary/aromatic N) is 1. The quantitative estimate of drug-likeness (QED) is 0.630. The third-order valence-electron chi connectivity index (χ3n) is 3.43. The summed E-state index contributed by atoms with van der Waals surface area (Å²) in [7, 11) is 0. The lowest BCUT2D eigenvalue weighted by atomic mass is 9.74. The molecule has 1 saturated carbocycles. The van der Waals surface area contributed by atoms with Crippen LogP contribution in [0.15, 0.2) is 0 Å². The van der Waals surface area contributed by atoms with Crippen LogP contribution in [0.3, 0.4) is 0 Å². The number of nitrogens with one attached hydrogen (secondary N) is 1. The summed E-state index contributed by atoms with van der Waals surface area (Å²) in [5, 5.41) is 20.5. The van der Waals surface area contributed by atoms with E-state index in [0.29, 0.717) is 19.5 Å². The van der Waals surface area contributed by atoms with E-state index >= 15 is 0 Å². The van der Waals surface area contributed by atoms with Gasteiger partial charge < -0.3 is 20.4 Å². The molecule has 3 N–H and O–H groups in total. The van der Waals surface area contributed by atoms with E-state index in [9.17, 15) is 9.59 Å². The second-order valence-corrected chi connectivity index (χ2v) is 4.79. The Balaban J connectivity index is 2.52. The summed E-state index contributed by atoms with van der Waals surface area (Å²) in [6, 6.07) is -0.230. The molecule has 0 aromatic rings. The zero-order chi connectivity index (χ0) is 13.6. The van der Waals surface area contributed by atoms with Gasteiger partial charge in [-0.05, 0) is 32.6 Å². The number of rotatable bonds is 7. The first-order valence-corrected chi connectivity index (χ1v) is 6.43. The number of carbonyl (C=O) groups is 2. The number of hydrogen-bond donors (Lipinski definition) is 3. The zero-order valence-corrected chi connectivity index (χ0v) is 10.8. The summed E-state index contributed by atoms with van der Waals surface area (Å²) >= 11 is 0. The second kappa shape index (κ2) is 6.58. The Kier molecular flexibility index (Phi) is 5.40. The lowest BCUT2D eigenvalue weighted by molar-refractivity contribution is -0.139. The average Bonchev–Trinajstić information content (AvgIpc) is 2.26. The van der Waals surface area contributed by atoms with E-state index in [-0.39, 0.29) is 19.1 Å². The summed E-state index contributed by atoms with van der Waals surface area (Å²) in [6.45, 7) is 2.95. The molecule has 0 aromatic heterocycles. The highest BCUT2D eigenvalue weighted by atomic mass is 16.4. The normalized spacial score (nSPS) is 16.8. The Labute approximate surface area is 107 Å². The van der Waals surface area contributed by atoms with Crippen molar-refractivity contribution >= 4 is 12.0 Å². The number of aliphatic carboxylic acids is 1. The molecule has 18 heavy (non-hydrogen) atoms. The molecule has 0 atom stereocenters.